The van der Waals surface area contributed by atoms with E-state index < -0.39 is 0 Å². The summed E-state index contributed by atoms with van der Waals surface area (Å²) in [7, 11) is 0. The lowest BCUT2D eigenvalue weighted by atomic mass is 9.80. The van der Waals surface area contributed by atoms with Gasteiger partial charge in [-0.2, -0.15) is 0 Å². The van der Waals surface area contributed by atoms with Gasteiger partial charge in [-0.3, -0.25) is 4.79 Å². The van der Waals surface area contributed by atoms with Crippen LogP contribution in [-0.4, -0.2) is 12.5 Å². The normalized spacial score (nSPS) is 27.2. The molecule has 1 aliphatic carbocycles. The number of rotatable bonds is 2. The van der Waals surface area contributed by atoms with Gasteiger partial charge in [0.2, 0.25) is 0 Å². The molecule has 1 fully saturated rings. The molecule has 108 valence electrons. The van der Waals surface area contributed by atoms with Crippen LogP contribution in [-0.2, 0) is 4.79 Å². The van der Waals surface area contributed by atoms with Crippen molar-refractivity contribution in [1.29, 1.82) is 0 Å². The number of benzene rings is 1. The Labute approximate surface area is 128 Å². The third-order valence-electron chi connectivity index (χ3n) is 4.43. The monoisotopic (exact) mass is 337 g/mol. The third kappa shape index (κ3) is 2.85. The molecule has 0 spiro atoms. The standard InChI is InChI=1S/C16H20BrNO2/c1-10-2-4-11(5-3-10)16(17)12-6-7-14-13(8-12)18-15(19)9-20-14/h6-8,10-11,16H,2-5,9H2,1H3,(H,18,19). The second-order valence-corrected chi connectivity index (χ2v) is 7.00. The summed E-state index contributed by atoms with van der Waals surface area (Å²) in [6.45, 7) is 2.45. The predicted molar refractivity (Wildman–Crippen MR) is 83.4 cm³/mol. The molecule has 0 bridgehead atoms. The van der Waals surface area contributed by atoms with Crippen LogP contribution >= 0.6 is 15.9 Å². The average Bonchev–Trinajstić information content (AvgIpc) is 2.46. The number of carbonyl (C=O) groups excluding carboxylic acids is 1. The molecular weight excluding hydrogens is 318 g/mol. The first-order valence-electron chi connectivity index (χ1n) is 7.34. The van der Waals surface area contributed by atoms with Gasteiger partial charge >= 0.3 is 0 Å². The van der Waals surface area contributed by atoms with Crippen molar-refractivity contribution in [2.24, 2.45) is 11.8 Å². The van der Waals surface area contributed by atoms with Gasteiger partial charge in [-0.1, -0.05) is 41.8 Å². The Morgan fingerprint density at radius 1 is 1.30 bits per heavy atom. The maximum Gasteiger partial charge on any atom is 0.262 e. The quantitative estimate of drug-likeness (QED) is 0.818. The molecule has 1 aromatic rings. The van der Waals surface area contributed by atoms with E-state index in [1.165, 1.54) is 31.2 Å². The summed E-state index contributed by atoms with van der Waals surface area (Å²) in [4.78, 5) is 11.8. The Balaban J connectivity index is 1.76. The summed E-state index contributed by atoms with van der Waals surface area (Å²) >= 11 is 3.86. The van der Waals surface area contributed by atoms with Gasteiger partial charge in [-0.15, -0.1) is 0 Å². The van der Waals surface area contributed by atoms with Crippen LogP contribution in [0.1, 0.15) is 43.0 Å². The predicted octanol–water partition coefficient (Wildman–Crippen LogP) is 4.28. The number of halogens is 1. The first-order chi connectivity index (χ1) is 9.63. The van der Waals surface area contributed by atoms with Crippen LogP contribution < -0.4 is 10.1 Å². The third-order valence-corrected chi connectivity index (χ3v) is 5.71. The fourth-order valence-corrected chi connectivity index (χ4v) is 3.94. The second-order valence-electron chi connectivity index (χ2n) is 6.01. The Hall–Kier alpha value is -1.03. The van der Waals surface area contributed by atoms with Gasteiger partial charge in [0, 0.05) is 4.83 Å². The second kappa shape index (κ2) is 5.76. The highest BCUT2D eigenvalue weighted by atomic mass is 79.9. The molecule has 1 aliphatic heterocycles. The summed E-state index contributed by atoms with van der Waals surface area (Å²) in [6.07, 6.45) is 5.18. The number of ether oxygens (including phenoxy) is 1. The molecule has 2 aliphatic rings. The van der Waals surface area contributed by atoms with Gasteiger partial charge in [-0.05, 0) is 42.4 Å². The molecule has 1 N–H and O–H groups in total. The molecule has 1 saturated carbocycles. The lowest BCUT2D eigenvalue weighted by molar-refractivity contribution is -0.118. The number of nitrogens with one attached hydrogen (secondary N) is 1. The number of alkyl halides is 1. The van der Waals surface area contributed by atoms with Crippen molar-refractivity contribution in [2.75, 3.05) is 11.9 Å². The summed E-state index contributed by atoms with van der Waals surface area (Å²) in [5.74, 6) is 2.24. The number of anilines is 1. The van der Waals surface area contributed by atoms with Crippen LogP contribution in [0.5, 0.6) is 5.75 Å². The van der Waals surface area contributed by atoms with E-state index in [-0.39, 0.29) is 12.5 Å². The Morgan fingerprint density at radius 2 is 2.05 bits per heavy atom. The van der Waals surface area contributed by atoms with Crippen molar-refractivity contribution in [3.8, 4) is 5.75 Å². The van der Waals surface area contributed by atoms with Crippen molar-refractivity contribution in [2.45, 2.75) is 37.4 Å². The summed E-state index contributed by atoms with van der Waals surface area (Å²) in [5, 5.41) is 2.88. The van der Waals surface area contributed by atoms with Gasteiger partial charge < -0.3 is 10.1 Å². The molecule has 1 aromatic carbocycles. The average molecular weight is 338 g/mol. The molecule has 0 aromatic heterocycles. The highest BCUT2D eigenvalue weighted by molar-refractivity contribution is 9.09. The van der Waals surface area contributed by atoms with Crippen LogP contribution in [0.4, 0.5) is 5.69 Å². The largest absolute Gasteiger partial charge is 0.482 e. The van der Waals surface area contributed by atoms with E-state index in [0.717, 1.165) is 17.4 Å². The molecule has 1 heterocycles. The Kier molecular flexibility index (Phi) is 4.01. The number of fused-ring (bicyclic) bond motifs is 1. The molecule has 1 atom stereocenters. The SMILES string of the molecule is CC1CCC(C(Br)c2ccc3c(c2)NC(=O)CO3)CC1. The minimum Gasteiger partial charge on any atom is -0.482 e. The van der Waals surface area contributed by atoms with Crippen LogP contribution in [0.3, 0.4) is 0 Å². The van der Waals surface area contributed by atoms with E-state index in [9.17, 15) is 4.79 Å². The first-order valence-corrected chi connectivity index (χ1v) is 8.25. The van der Waals surface area contributed by atoms with E-state index in [2.05, 4.69) is 34.2 Å². The van der Waals surface area contributed by atoms with E-state index in [4.69, 9.17) is 4.74 Å². The number of amides is 1. The summed E-state index contributed by atoms with van der Waals surface area (Å²) in [5.41, 5.74) is 2.03. The van der Waals surface area contributed by atoms with Crippen LogP contribution in [0.25, 0.3) is 0 Å². The molecule has 1 unspecified atom stereocenters. The zero-order chi connectivity index (χ0) is 14.1. The Bertz CT molecular complexity index is 509. The number of carbonyl (C=O) groups is 1. The molecule has 3 rings (SSSR count). The van der Waals surface area contributed by atoms with E-state index in [1.807, 2.05) is 12.1 Å². The van der Waals surface area contributed by atoms with Crippen molar-refractivity contribution in [3.05, 3.63) is 23.8 Å². The minimum absolute atomic E-state index is 0.0766. The van der Waals surface area contributed by atoms with Crippen LogP contribution in [0.15, 0.2) is 18.2 Å². The van der Waals surface area contributed by atoms with E-state index in [0.29, 0.717) is 10.7 Å². The van der Waals surface area contributed by atoms with Crippen LogP contribution in [0, 0.1) is 11.8 Å². The first kappa shape index (κ1) is 13.9. The smallest absolute Gasteiger partial charge is 0.262 e. The van der Waals surface area contributed by atoms with Gasteiger partial charge in [0.05, 0.1) is 5.69 Å². The molecule has 20 heavy (non-hydrogen) atoms. The number of hydrogen-bond acceptors (Lipinski definition) is 2. The Morgan fingerprint density at radius 3 is 2.80 bits per heavy atom. The lowest BCUT2D eigenvalue weighted by Gasteiger charge is -2.30. The lowest BCUT2D eigenvalue weighted by Crippen LogP contribution is -2.25. The molecule has 4 heteroatoms. The van der Waals surface area contributed by atoms with Crippen LogP contribution in [0.2, 0.25) is 0 Å². The fraction of sp³-hybridized carbons (Fsp3) is 0.562. The van der Waals surface area contributed by atoms with Gasteiger partial charge in [0.25, 0.3) is 5.91 Å². The van der Waals surface area contributed by atoms with E-state index >= 15 is 0 Å². The zero-order valence-electron chi connectivity index (χ0n) is 11.7. The molecular formula is C16H20BrNO2. The summed E-state index contributed by atoms with van der Waals surface area (Å²) in [6, 6.07) is 6.11. The van der Waals surface area contributed by atoms with Crippen molar-refractivity contribution in [1.82, 2.24) is 0 Å². The van der Waals surface area contributed by atoms with Crippen molar-refractivity contribution < 1.29 is 9.53 Å². The van der Waals surface area contributed by atoms with Crippen molar-refractivity contribution in [3.63, 3.8) is 0 Å². The van der Waals surface area contributed by atoms with Gasteiger partial charge in [0.1, 0.15) is 5.75 Å². The zero-order valence-corrected chi connectivity index (χ0v) is 13.3. The van der Waals surface area contributed by atoms with E-state index in [1.54, 1.807) is 0 Å². The minimum atomic E-state index is -0.0766. The van der Waals surface area contributed by atoms with Crippen molar-refractivity contribution >= 4 is 27.5 Å². The molecule has 1 amide bonds. The number of hydrogen-bond donors (Lipinski definition) is 1. The maximum absolute atomic E-state index is 11.4. The topological polar surface area (TPSA) is 38.3 Å². The molecule has 0 saturated heterocycles. The highest BCUT2D eigenvalue weighted by Crippen LogP contribution is 2.43. The fourth-order valence-electron chi connectivity index (χ4n) is 3.12. The van der Waals surface area contributed by atoms with Gasteiger partial charge in [-0.25, -0.2) is 0 Å². The molecule has 0 radical (unpaired) electrons. The molecule has 3 nitrogen and oxygen atoms in total. The highest BCUT2D eigenvalue weighted by Gasteiger charge is 2.26. The summed E-state index contributed by atoms with van der Waals surface area (Å²) < 4.78 is 5.40. The maximum atomic E-state index is 11.4. The van der Waals surface area contributed by atoms with Gasteiger partial charge in [0.15, 0.2) is 6.61 Å².